The number of carbonyl (C=O) groups is 2. The number of ether oxygens (including phenoxy) is 1. The van der Waals surface area contributed by atoms with Crippen molar-refractivity contribution in [2.24, 2.45) is 0 Å². The van der Waals surface area contributed by atoms with Crippen LogP contribution in [0.2, 0.25) is 5.02 Å². The molecule has 0 saturated heterocycles. The Kier molecular flexibility index (Phi) is 9.81. The molecule has 42 heavy (non-hydrogen) atoms. The van der Waals surface area contributed by atoms with Crippen molar-refractivity contribution in [3.8, 4) is 11.3 Å². The van der Waals surface area contributed by atoms with Crippen LogP contribution in [0.1, 0.15) is 59.0 Å². The van der Waals surface area contributed by atoms with E-state index >= 15 is 0 Å². The van der Waals surface area contributed by atoms with Crippen molar-refractivity contribution in [2.45, 2.75) is 41.0 Å². The van der Waals surface area contributed by atoms with E-state index in [1.807, 2.05) is 77.1 Å². The Morgan fingerprint density at radius 1 is 1.00 bits per heavy atom. The number of allylic oxidation sites excluding steroid dienone is 3. The Balaban J connectivity index is 1.54. The molecule has 0 atom stereocenters. The molecule has 0 aliphatic heterocycles. The van der Waals surface area contributed by atoms with Gasteiger partial charge in [-0.25, -0.2) is 4.98 Å². The molecule has 6 nitrogen and oxygen atoms in total. The largest absolute Gasteiger partial charge is 0.467 e. The van der Waals surface area contributed by atoms with E-state index in [-0.39, 0.29) is 11.8 Å². The zero-order valence-electron chi connectivity index (χ0n) is 24.9. The normalized spacial score (nSPS) is 11.9. The van der Waals surface area contributed by atoms with E-state index in [0.29, 0.717) is 40.5 Å². The first-order chi connectivity index (χ1) is 20.1. The van der Waals surface area contributed by atoms with E-state index in [4.69, 9.17) is 21.3 Å². The van der Waals surface area contributed by atoms with E-state index in [1.54, 1.807) is 42.3 Å². The van der Waals surface area contributed by atoms with Crippen LogP contribution >= 0.6 is 11.6 Å². The van der Waals surface area contributed by atoms with Gasteiger partial charge in [-0.15, -0.1) is 0 Å². The van der Waals surface area contributed by atoms with Gasteiger partial charge in [0, 0.05) is 47.2 Å². The average Bonchev–Trinajstić information content (AvgIpc) is 2.98. The monoisotopic (exact) mass is 581 g/mol. The van der Waals surface area contributed by atoms with E-state index in [9.17, 15) is 9.59 Å². The Bertz CT molecular complexity index is 1690. The van der Waals surface area contributed by atoms with Gasteiger partial charge in [0.2, 0.25) is 0 Å². The number of aryl methyl sites for hydroxylation is 2. The topological polar surface area (TPSA) is 71.5 Å². The molecule has 4 aromatic rings. The summed E-state index contributed by atoms with van der Waals surface area (Å²) >= 11 is 6.48. The molecular weight excluding hydrogens is 546 g/mol. The van der Waals surface area contributed by atoms with Crippen LogP contribution in [0.15, 0.2) is 90.4 Å². The summed E-state index contributed by atoms with van der Waals surface area (Å²) in [6.45, 7) is 10.2. The van der Waals surface area contributed by atoms with Crippen LogP contribution < -0.4 is 5.32 Å². The minimum atomic E-state index is -0.271. The molecule has 7 heteroatoms. The number of hydrogen-bond donors (Lipinski definition) is 1. The minimum absolute atomic E-state index is 0.110. The molecule has 0 aliphatic rings. The molecule has 0 aliphatic carbocycles. The van der Waals surface area contributed by atoms with Crippen molar-refractivity contribution in [1.29, 1.82) is 0 Å². The highest BCUT2D eigenvalue weighted by Crippen LogP contribution is 2.32. The molecule has 0 fully saturated rings. The van der Waals surface area contributed by atoms with Gasteiger partial charge in [-0.3, -0.25) is 9.59 Å². The third-order valence-electron chi connectivity index (χ3n) is 7.09. The molecule has 216 valence electrons. The lowest BCUT2D eigenvalue weighted by Gasteiger charge is -2.19. The molecule has 0 radical (unpaired) electrons. The van der Waals surface area contributed by atoms with Crippen LogP contribution in [0, 0.1) is 13.8 Å². The van der Waals surface area contributed by atoms with Gasteiger partial charge in [-0.2, -0.15) is 0 Å². The Morgan fingerprint density at radius 2 is 1.71 bits per heavy atom. The predicted molar refractivity (Wildman–Crippen MR) is 172 cm³/mol. The van der Waals surface area contributed by atoms with Gasteiger partial charge in [0.25, 0.3) is 11.8 Å². The molecule has 0 bridgehead atoms. The third-order valence-corrected chi connectivity index (χ3v) is 7.42. The molecule has 0 saturated carbocycles. The average molecular weight is 582 g/mol. The lowest BCUT2D eigenvalue weighted by atomic mass is 9.99. The van der Waals surface area contributed by atoms with Crippen LogP contribution in [0.4, 0.5) is 5.69 Å². The maximum atomic E-state index is 13.7. The molecule has 3 aromatic carbocycles. The highest BCUT2D eigenvalue weighted by molar-refractivity contribution is 6.33. The number of carbonyl (C=O) groups excluding carboxylic acids is 2. The van der Waals surface area contributed by atoms with Crippen LogP contribution in [-0.4, -0.2) is 35.3 Å². The fraction of sp³-hybridized carbons (Fsp3) is 0.229. The molecule has 2 amide bonds. The van der Waals surface area contributed by atoms with Crippen molar-refractivity contribution in [3.63, 3.8) is 0 Å². The second-order valence-electron chi connectivity index (χ2n) is 10.3. The number of amides is 2. The van der Waals surface area contributed by atoms with Crippen LogP contribution in [0.25, 0.3) is 22.2 Å². The summed E-state index contributed by atoms with van der Waals surface area (Å²) in [7, 11) is 1.77. The first-order valence-corrected chi connectivity index (χ1v) is 14.3. The predicted octanol–water partition coefficient (Wildman–Crippen LogP) is 8.73. The number of nitrogens with one attached hydrogen (secondary N) is 1. The number of aromatic nitrogens is 1. The summed E-state index contributed by atoms with van der Waals surface area (Å²) in [5.41, 5.74) is 5.76. The number of anilines is 1. The number of benzene rings is 3. The number of hydrogen-bond acceptors (Lipinski definition) is 4. The Hall–Kier alpha value is -4.42. The van der Waals surface area contributed by atoms with Crippen LogP contribution in [0.5, 0.6) is 0 Å². The summed E-state index contributed by atoms with van der Waals surface area (Å²) in [5, 5.41) is 4.33. The summed E-state index contributed by atoms with van der Waals surface area (Å²) in [6.07, 6.45) is 4.41. The standard InChI is InChI=1S/C35H36ClN3O3/c1-7-24(5)42-27(8-2)17-18-39(6)35(41)25-13-15-26(16-14-25)37-34(40)30-21-32(28-11-9-10-12-31(28)36)38-33-23(4)19-22(3)20-29(30)33/h7-16,19-21H,17-18H2,1-6H3,(H,37,40)/b24-7-,27-8-. The maximum absolute atomic E-state index is 13.7. The summed E-state index contributed by atoms with van der Waals surface area (Å²) in [6, 6.07) is 20.2. The first-order valence-electron chi connectivity index (χ1n) is 13.9. The van der Waals surface area contributed by atoms with E-state index in [1.165, 1.54) is 0 Å². The zero-order chi connectivity index (χ0) is 30.4. The first kappa shape index (κ1) is 30.5. The lowest BCUT2D eigenvalue weighted by Crippen LogP contribution is -2.28. The van der Waals surface area contributed by atoms with Gasteiger partial charge in [0.15, 0.2) is 0 Å². The van der Waals surface area contributed by atoms with Crippen molar-refractivity contribution in [1.82, 2.24) is 9.88 Å². The van der Waals surface area contributed by atoms with Gasteiger partial charge >= 0.3 is 0 Å². The van der Waals surface area contributed by atoms with Crippen LogP contribution in [0.3, 0.4) is 0 Å². The lowest BCUT2D eigenvalue weighted by molar-refractivity contribution is 0.0791. The second-order valence-corrected chi connectivity index (χ2v) is 10.7. The highest BCUT2D eigenvalue weighted by atomic mass is 35.5. The third kappa shape index (κ3) is 7.07. The Morgan fingerprint density at radius 3 is 2.38 bits per heavy atom. The van der Waals surface area contributed by atoms with Gasteiger partial charge in [0.1, 0.15) is 5.76 Å². The highest BCUT2D eigenvalue weighted by Gasteiger charge is 2.18. The molecular formula is C35H36ClN3O3. The Labute approximate surface area is 252 Å². The molecule has 4 rings (SSSR count). The molecule has 1 heterocycles. The van der Waals surface area contributed by atoms with Gasteiger partial charge < -0.3 is 15.0 Å². The minimum Gasteiger partial charge on any atom is -0.467 e. The fourth-order valence-corrected chi connectivity index (χ4v) is 4.92. The summed E-state index contributed by atoms with van der Waals surface area (Å²) < 4.78 is 5.79. The van der Waals surface area contributed by atoms with Crippen molar-refractivity contribution < 1.29 is 14.3 Å². The van der Waals surface area contributed by atoms with Crippen molar-refractivity contribution >= 4 is 40.0 Å². The quantitative estimate of drug-likeness (QED) is 0.201. The fourth-order valence-electron chi connectivity index (χ4n) is 4.69. The van der Waals surface area contributed by atoms with E-state index in [2.05, 4.69) is 11.4 Å². The zero-order valence-corrected chi connectivity index (χ0v) is 25.7. The van der Waals surface area contributed by atoms with Crippen molar-refractivity contribution in [2.75, 3.05) is 18.9 Å². The molecule has 0 unspecified atom stereocenters. The number of rotatable bonds is 9. The number of fused-ring (bicyclic) bond motifs is 1. The van der Waals surface area contributed by atoms with Crippen molar-refractivity contribution in [3.05, 3.63) is 118 Å². The molecule has 0 spiro atoms. The smallest absolute Gasteiger partial charge is 0.256 e. The number of pyridine rings is 1. The molecule has 1 aromatic heterocycles. The number of halogens is 1. The van der Waals surface area contributed by atoms with E-state index in [0.717, 1.165) is 39.1 Å². The summed E-state index contributed by atoms with van der Waals surface area (Å²) in [5.74, 6) is 1.25. The van der Waals surface area contributed by atoms with Gasteiger partial charge in [0.05, 0.1) is 22.5 Å². The number of nitrogens with zero attached hydrogens (tertiary/aromatic N) is 2. The van der Waals surface area contributed by atoms with Crippen LogP contribution in [-0.2, 0) is 4.74 Å². The van der Waals surface area contributed by atoms with Gasteiger partial charge in [-0.1, -0.05) is 41.4 Å². The second kappa shape index (κ2) is 13.5. The van der Waals surface area contributed by atoms with Gasteiger partial charge in [-0.05, 0) is 94.8 Å². The maximum Gasteiger partial charge on any atom is 0.256 e. The summed E-state index contributed by atoms with van der Waals surface area (Å²) in [4.78, 5) is 33.2. The molecule has 1 N–H and O–H groups in total. The van der Waals surface area contributed by atoms with E-state index < -0.39 is 0 Å². The SMILES string of the molecule is C/C=C(/C)O/C(=C\C)CCN(C)C(=O)c1ccc(NC(=O)c2cc(-c3ccccc3Cl)nc3c(C)cc(C)cc23)cc1.